The first-order valence-electron chi connectivity index (χ1n) is 26.0. The first-order valence-corrected chi connectivity index (χ1v) is 26.0. The second kappa shape index (κ2) is 45.1. The number of carbonyl (C=O) groups excluding carboxylic acids is 9. The Morgan fingerprint density at radius 1 is 0.321 bits per heavy atom. The van der Waals surface area contributed by atoms with Gasteiger partial charge in [-0.05, 0) is 25.7 Å². The van der Waals surface area contributed by atoms with Crippen LogP contribution in [0.3, 0.4) is 0 Å². The molecule has 6 amide bonds. The second-order valence-corrected chi connectivity index (χ2v) is 18.8. The molecule has 0 spiro atoms. The summed E-state index contributed by atoms with van der Waals surface area (Å²) < 4.78 is 0. The number of rotatable bonds is 48. The molecule has 0 aliphatic rings. The maximum Gasteiger partial charge on any atom is 3.00 e. The van der Waals surface area contributed by atoms with Gasteiger partial charge in [0, 0.05) is 125 Å². The molecule has 20 N–H and O–H groups in total. The van der Waals surface area contributed by atoms with E-state index in [0.29, 0.717) is 0 Å². The number of carboxylic acid groups (broad SMARTS) is 3. The predicted molar refractivity (Wildman–Crippen MR) is 268 cm³/mol. The molecule has 38 heteroatoms. The summed E-state index contributed by atoms with van der Waals surface area (Å²) in [6, 6.07) is 0. The molecule has 0 saturated heterocycles. The molecule has 0 aromatic heterocycles. The SMILES string of the molecule is O=C([O-])CN(CCN(CC(=O)[O-])CC(=O)N(CCNC(=O)[C@H](O)[C@H](O)[C@H](O)CCO)CCNC(=O)[C@H](O)[C@H](O)[C@H](O)CCO)CCN(CC(=O)[O-])CC(=O)N(CCNC(=O)[C@H](O)[C@H](O)[C@H](O)CCO)CCNC(=O)[C@H](O)[C@H](O)[C@H](O)CCO.[Gd+3]. The number of nitrogens with one attached hydrogen (secondary N) is 4. The number of amides is 6. The Kier molecular flexibility index (Phi) is 44.0. The van der Waals surface area contributed by atoms with Crippen molar-refractivity contribution in [1.29, 1.82) is 0 Å². The van der Waals surface area contributed by atoms with Crippen LogP contribution in [0.15, 0.2) is 0 Å². The van der Waals surface area contributed by atoms with E-state index >= 15 is 0 Å². The quantitative estimate of drug-likeness (QED) is 0.0269. The smallest absolute Gasteiger partial charge is 0.549 e. The third-order valence-corrected chi connectivity index (χ3v) is 12.3. The maximum atomic E-state index is 13.8. The zero-order valence-corrected chi connectivity index (χ0v) is 48.0. The Morgan fingerprint density at radius 3 is 0.726 bits per heavy atom. The van der Waals surface area contributed by atoms with Crippen LogP contribution in [-0.4, -0.2) is 370 Å². The van der Waals surface area contributed by atoms with Gasteiger partial charge in [0.2, 0.25) is 11.8 Å². The van der Waals surface area contributed by atoms with Crippen molar-refractivity contribution < 1.29 is 180 Å². The fourth-order valence-electron chi connectivity index (χ4n) is 7.47. The Balaban J connectivity index is 0. The summed E-state index contributed by atoms with van der Waals surface area (Å²) in [5.41, 5.74) is 0. The van der Waals surface area contributed by atoms with Gasteiger partial charge in [-0.25, -0.2) is 0 Å². The summed E-state index contributed by atoms with van der Waals surface area (Å²) in [6.45, 7) is -13.1. The van der Waals surface area contributed by atoms with Crippen LogP contribution in [0.1, 0.15) is 25.7 Å². The Hall–Kier alpha value is -4.21. The molecule has 487 valence electrons. The molecule has 0 aliphatic heterocycles. The number of nitrogens with zero attached hydrogens (tertiary/aromatic N) is 5. The molecule has 84 heavy (non-hydrogen) atoms. The van der Waals surface area contributed by atoms with Gasteiger partial charge in [0.1, 0.15) is 24.4 Å². The number of hydrogen-bond acceptors (Lipinski definition) is 31. The summed E-state index contributed by atoms with van der Waals surface area (Å²) >= 11 is 0. The second-order valence-electron chi connectivity index (χ2n) is 18.8. The molecular weight excluding hydrogens is 1280 g/mol. The van der Waals surface area contributed by atoms with Gasteiger partial charge in [-0.3, -0.25) is 43.5 Å². The largest absolute Gasteiger partial charge is 3.00 e. The van der Waals surface area contributed by atoms with Crippen LogP contribution in [0.25, 0.3) is 0 Å². The van der Waals surface area contributed by atoms with Crippen molar-refractivity contribution in [3.8, 4) is 0 Å². The summed E-state index contributed by atoms with van der Waals surface area (Å²) in [5.74, 6) is -12.2. The van der Waals surface area contributed by atoms with Gasteiger partial charge in [0.15, 0.2) is 24.4 Å². The summed E-state index contributed by atoms with van der Waals surface area (Å²) in [5, 5.41) is 201. The average Bonchev–Trinajstić information content (AvgIpc) is 3.44. The summed E-state index contributed by atoms with van der Waals surface area (Å²) in [7, 11) is 0. The van der Waals surface area contributed by atoms with Crippen molar-refractivity contribution in [2.45, 2.75) is 98.9 Å². The molecule has 0 saturated carbocycles. The minimum Gasteiger partial charge on any atom is -0.549 e. The molecule has 0 fully saturated rings. The van der Waals surface area contributed by atoms with Crippen LogP contribution in [-0.2, 0) is 43.2 Å². The number of aliphatic hydroxyl groups excluding tert-OH is 16. The van der Waals surface area contributed by atoms with E-state index in [0.717, 1.165) is 24.5 Å². The number of carbonyl (C=O) groups is 9. The van der Waals surface area contributed by atoms with E-state index in [4.69, 9.17) is 20.4 Å². The van der Waals surface area contributed by atoms with Crippen molar-refractivity contribution in [1.82, 2.24) is 45.8 Å². The number of aliphatic carboxylic acids is 3. The van der Waals surface area contributed by atoms with Crippen molar-refractivity contribution in [3.05, 3.63) is 0 Å². The first kappa shape index (κ1) is 81.9. The number of aliphatic hydroxyl groups is 16. The molecule has 1 radical (unpaired) electrons. The topological polar surface area (TPSA) is 611 Å². The fraction of sp³-hybridized carbons (Fsp3) is 0.804. The Labute approximate surface area is 513 Å². The van der Waals surface area contributed by atoms with E-state index in [1.165, 1.54) is 0 Å². The van der Waals surface area contributed by atoms with Crippen LogP contribution in [0.5, 0.6) is 0 Å². The van der Waals surface area contributed by atoms with Gasteiger partial charge in [-0.2, -0.15) is 0 Å². The van der Waals surface area contributed by atoms with Crippen molar-refractivity contribution in [2.24, 2.45) is 0 Å². The predicted octanol–water partition coefficient (Wildman–Crippen LogP) is -18.9. The molecule has 0 heterocycles. The zero-order chi connectivity index (χ0) is 63.5. The van der Waals surface area contributed by atoms with Crippen LogP contribution in [0, 0.1) is 39.9 Å². The van der Waals surface area contributed by atoms with Crippen LogP contribution >= 0.6 is 0 Å². The Bertz CT molecular complexity index is 1770. The van der Waals surface area contributed by atoms with Crippen LogP contribution in [0.2, 0.25) is 0 Å². The van der Waals surface area contributed by atoms with Crippen LogP contribution < -0.4 is 36.6 Å². The van der Waals surface area contributed by atoms with Gasteiger partial charge >= 0.3 is 39.9 Å². The van der Waals surface area contributed by atoms with Crippen molar-refractivity contribution in [3.63, 3.8) is 0 Å². The monoisotopic (exact) mass is 1370 g/mol. The van der Waals surface area contributed by atoms with E-state index in [1.807, 2.05) is 0 Å². The molecule has 37 nitrogen and oxygen atoms in total. The molecule has 0 rings (SSSR count). The molecule has 0 bridgehead atoms. The summed E-state index contributed by atoms with van der Waals surface area (Å²) in [6.07, 6.45) is -25.9. The molecule has 12 atom stereocenters. The number of carboxylic acids is 3. The van der Waals surface area contributed by atoms with Gasteiger partial charge in [-0.15, -0.1) is 0 Å². The van der Waals surface area contributed by atoms with Crippen molar-refractivity contribution >= 4 is 53.4 Å². The van der Waals surface area contributed by atoms with Crippen LogP contribution in [0.4, 0.5) is 0 Å². The first-order chi connectivity index (χ1) is 39.0. The van der Waals surface area contributed by atoms with Crippen molar-refractivity contribution in [2.75, 3.05) is 138 Å². The van der Waals surface area contributed by atoms with E-state index < -0.39 is 290 Å². The van der Waals surface area contributed by atoms with Gasteiger partial charge in [0.05, 0.1) is 55.4 Å². The van der Waals surface area contributed by atoms with E-state index in [1.54, 1.807) is 0 Å². The minimum atomic E-state index is -2.24. The average molecular weight is 1370 g/mol. The molecule has 0 unspecified atom stereocenters. The summed E-state index contributed by atoms with van der Waals surface area (Å²) in [4.78, 5) is 118. The Morgan fingerprint density at radius 2 is 0.524 bits per heavy atom. The fourth-order valence-corrected chi connectivity index (χ4v) is 7.47. The van der Waals surface area contributed by atoms with Gasteiger partial charge in [0.25, 0.3) is 23.6 Å². The van der Waals surface area contributed by atoms with E-state index in [2.05, 4.69) is 21.3 Å². The normalized spacial score (nSPS) is 15.8. The standard InChI is InChI=1S/C46H85N9O28.Gd/c56-17-1-26(60)35(72)39(76)43(80)47-5-9-54(10-6-48-44(81)40(77)36(73)27(61)2-18-57)30(64)21-52(24-33(68)69)15-13-51(23-32(66)67)14-16-53(25-34(70)71)22-31(65)55(11-7-49-45(82)41(78)37(74)28(62)3-19-58)12-8-50-46(83)42(79)38(75)29(63)4-20-59;/h26-29,35-42,56-63,72-79H,1-25H2,(H,47,80)(H,48,81)(H,49,82)(H,50,83)(H,66,67)(H,68,69)(H,70,71);/q;+3/p-3/t26-,27-,28-,29-,35-,36-,37-,38-,39-,40-,41-,42-;/m1./s1. The molecular formula is C46H82GdN9O28. The number of hydrogen-bond donors (Lipinski definition) is 20. The van der Waals surface area contributed by atoms with Gasteiger partial charge < -0.3 is 142 Å². The van der Waals surface area contributed by atoms with Gasteiger partial charge in [-0.1, -0.05) is 0 Å². The third kappa shape index (κ3) is 33.1. The minimum absolute atomic E-state index is 0. The molecule has 0 aromatic rings. The third-order valence-electron chi connectivity index (χ3n) is 12.3. The molecule has 0 aromatic carbocycles. The van der Waals surface area contributed by atoms with E-state index in [-0.39, 0.29) is 39.9 Å². The zero-order valence-electron chi connectivity index (χ0n) is 45.7. The molecule has 0 aliphatic carbocycles. The maximum absolute atomic E-state index is 13.8. The van der Waals surface area contributed by atoms with E-state index in [9.17, 15) is 120 Å².